The van der Waals surface area contributed by atoms with Crippen molar-refractivity contribution in [3.05, 3.63) is 66.1 Å². The van der Waals surface area contributed by atoms with E-state index >= 15 is 0 Å². The first-order chi connectivity index (χ1) is 15.8. The molecule has 0 unspecified atom stereocenters. The second kappa shape index (κ2) is 8.17. The molecule has 5 rings (SSSR count). The lowest BCUT2D eigenvalue weighted by Crippen LogP contribution is -2.17. The lowest BCUT2D eigenvalue weighted by Gasteiger charge is -2.09. The van der Waals surface area contributed by atoms with Crippen LogP contribution in [0.2, 0.25) is 0 Å². The summed E-state index contributed by atoms with van der Waals surface area (Å²) in [6, 6.07) is 9.48. The van der Waals surface area contributed by atoms with Crippen LogP contribution in [0.5, 0.6) is 5.75 Å². The maximum absolute atomic E-state index is 12.5. The summed E-state index contributed by atoms with van der Waals surface area (Å²) < 4.78 is 41.6. The van der Waals surface area contributed by atoms with Crippen LogP contribution in [-0.2, 0) is 0 Å². The third kappa shape index (κ3) is 4.62. The predicted octanol–water partition coefficient (Wildman–Crippen LogP) is 6.09. The fourth-order valence-electron chi connectivity index (χ4n) is 3.28. The van der Waals surface area contributed by atoms with Crippen molar-refractivity contribution in [1.29, 1.82) is 0 Å². The van der Waals surface area contributed by atoms with E-state index in [0.29, 0.717) is 22.0 Å². The van der Waals surface area contributed by atoms with Gasteiger partial charge in [-0.25, -0.2) is 19.9 Å². The molecule has 33 heavy (non-hydrogen) atoms. The van der Waals surface area contributed by atoms with Crippen LogP contribution in [0.1, 0.15) is 5.56 Å². The Hall–Kier alpha value is -3.99. The summed E-state index contributed by atoms with van der Waals surface area (Å²) in [4.78, 5) is 20.3. The first kappa shape index (κ1) is 20.9. The van der Waals surface area contributed by atoms with Crippen molar-refractivity contribution in [3.63, 3.8) is 0 Å². The van der Waals surface area contributed by atoms with E-state index in [0.717, 1.165) is 28.0 Å². The zero-order valence-corrected chi connectivity index (χ0v) is 17.8. The van der Waals surface area contributed by atoms with Crippen LogP contribution in [0.4, 0.5) is 24.0 Å². The number of ether oxygens (including phenoxy) is 1. The molecule has 7 nitrogen and oxygen atoms in total. The summed E-state index contributed by atoms with van der Waals surface area (Å²) in [5, 5.41) is 5.93. The summed E-state index contributed by atoms with van der Waals surface area (Å²) in [7, 11) is 0. The van der Waals surface area contributed by atoms with Gasteiger partial charge < -0.3 is 15.0 Å². The average molecular weight is 468 g/mol. The molecule has 0 aliphatic carbocycles. The molecule has 11 heteroatoms. The molecule has 0 aliphatic heterocycles. The monoisotopic (exact) mass is 468 g/mol. The van der Waals surface area contributed by atoms with Gasteiger partial charge in [0.25, 0.3) is 0 Å². The number of nitrogens with zero attached hydrogens (tertiary/aromatic N) is 4. The molecule has 0 bridgehead atoms. The van der Waals surface area contributed by atoms with Crippen LogP contribution >= 0.6 is 11.3 Å². The van der Waals surface area contributed by atoms with Crippen LogP contribution in [0.25, 0.3) is 33.7 Å². The van der Waals surface area contributed by atoms with Gasteiger partial charge in [0, 0.05) is 34.6 Å². The zero-order valence-electron chi connectivity index (χ0n) is 17.0. The Morgan fingerprint density at radius 2 is 1.85 bits per heavy atom. The Morgan fingerprint density at radius 1 is 1.03 bits per heavy atom. The number of benzene rings is 2. The second-order valence-corrected chi connectivity index (χ2v) is 7.99. The molecule has 5 aromatic rings. The lowest BCUT2D eigenvalue weighted by atomic mass is 10.2. The number of aromatic amines is 1. The van der Waals surface area contributed by atoms with Gasteiger partial charge in [0.15, 0.2) is 5.13 Å². The molecule has 166 valence electrons. The molecule has 0 saturated carbocycles. The summed E-state index contributed by atoms with van der Waals surface area (Å²) >= 11 is 1.45. The lowest BCUT2D eigenvalue weighted by molar-refractivity contribution is -0.274. The van der Waals surface area contributed by atoms with Crippen LogP contribution < -0.4 is 10.1 Å². The molecular weight excluding hydrogens is 453 g/mol. The van der Waals surface area contributed by atoms with Crippen molar-refractivity contribution in [2.24, 2.45) is 0 Å². The molecule has 0 fully saturated rings. The van der Waals surface area contributed by atoms with E-state index in [2.05, 4.69) is 35.0 Å². The van der Waals surface area contributed by atoms with Gasteiger partial charge in [0.2, 0.25) is 0 Å². The Labute approximate surface area is 189 Å². The maximum Gasteiger partial charge on any atom is 0.573 e. The number of hydrogen-bond donors (Lipinski definition) is 2. The minimum absolute atomic E-state index is 0.303. The number of aromatic nitrogens is 5. The number of imidazole rings is 1. The Bertz CT molecular complexity index is 1430. The number of H-pyrrole nitrogens is 1. The van der Waals surface area contributed by atoms with Gasteiger partial charge in [0.1, 0.15) is 17.9 Å². The standard InChI is InChI=1S/C22H15F3N6OS/c1-12-5-17-18(29-20(28-17)13-3-2-4-15(6-13)32-22(23,24)25)7-16(12)30-21-31-19(10-33-21)14-8-26-11-27-9-14/h2-11H,1H3,(H,28,29)(H,30,31). The number of alkyl halides is 3. The van der Waals surface area contributed by atoms with Crippen LogP contribution in [0.15, 0.2) is 60.5 Å². The molecule has 2 aromatic carbocycles. The number of aryl methyl sites for hydroxylation is 1. The SMILES string of the molecule is Cc1cc2nc(-c3cccc(OC(F)(F)F)c3)[nH]c2cc1Nc1nc(-c2cncnc2)cs1. The Morgan fingerprint density at radius 3 is 2.64 bits per heavy atom. The fourth-order valence-corrected chi connectivity index (χ4v) is 4.02. The van der Waals surface area contributed by atoms with E-state index in [1.165, 1.54) is 35.9 Å². The number of halogens is 3. The van der Waals surface area contributed by atoms with E-state index in [1.54, 1.807) is 18.5 Å². The molecular formula is C22H15F3N6OS. The number of thiazole rings is 1. The molecule has 0 spiro atoms. The smallest absolute Gasteiger partial charge is 0.406 e. The second-order valence-electron chi connectivity index (χ2n) is 7.14. The molecule has 0 amide bonds. The van der Waals surface area contributed by atoms with E-state index in [4.69, 9.17) is 0 Å². The highest BCUT2D eigenvalue weighted by molar-refractivity contribution is 7.14. The molecule has 0 radical (unpaired) electrons. The van der Waals surface area contributed by atoms with Gasteiger partial charge in [-0.15, -0.1) is 24.5 Å². The first-order valence-corrected chi connectivity index (χ1v) is 10.6. The Balaban J connectivity index is 1.42. The van der Waals surface area contributed by atoms with Crippen molar-refractivity contribution in [3.8, 4) is 28.4 Å². The van der Waals surface area contributed by atoms with E-state index in [-0.39, 0.29) is 5.75 Å². The van der Waals surface area contributed by atoms with Gasteiger partial charge in [-0.2, -0.15) is 0 Å². The average Bonchev–Trinajstić information content (AvgIpc) is 3.41. The number of anilines is 2. The highest BCUT2D eigenvalue weighted by atomic mass is 32.1. The van der Waals surface area contributed by atoms with E-state index < -0.39 is 6.36 Å². The van der Waals surface area contributed by atoms with Gasteiger partial charge in [0.05, 0.1) is 16.7 Å². The predicted molar refractivity (Wildman–Crippen MR) is 119 cm³/mol. The minimum atomic E-state index is -4.76. The van der Waals surface area contributed by atoms with Crippen molar-refractivity contribution < 1.29 is 17.9 Å². The van der Waals surface area contributed by atoms with E-state index in [9.17, 15) is 13.2 Å². The van der Waals surface area contributed by atoms with Crippen molar-refractivity contribution in [2.75, 3.05) is 5.32 Å². The molecule has 2 N–H and O–H groups in total. The molecule has 0 saturated heterocycles. The van der Waals surface area contributed by atoms with Crippen molar-refractivity contribution in [2.45, 2.75) is 13.3 Å². The molecule has 0 aliphatic rings. The number of rotatable bonds is 5. The summed E-state index contributed by atoms with van der Waals surface area (Å²) in [5.74, 6) is 0.136. The summed E-state index contributed by atoms with van der Waals surface area (Å²) in [5.41, 5.74) is 5.27. The van der Waals surface area contributed by atoms with Gasteiger partial charge in [-0.3, -0.25) is 0 Å². The van der Waals surface area contributed by atoms with E-state index in [1.807, 2.05) is 24.4 Å². The quantitative estimate of drug-likeness (QED) is 0.324. The fraction of sp³-hybridized carbons (Fsp3) is 0.0909. The third-order valence-electron chi connectivity index (χ3n) is 4.77. The highest BCUT2D eigenvalue weighted by Gasteiger charge is 2.31. The van der Waals surface area contributed by atoms with Gasteiger partial charge in [-0.1, -0.05) is 12.1 Å². The van der Waals surface area contributed by atoms with Gasteiger partial charge >= 0.3 is 6.36 Å². The van der Waals surface area contributed by atoms with Crippen molar-refractivity contribution >= 4 is 33.2 Å². The number of hydrogen-bond acceptors (Lipinski definition) is 7. The molecule has 3 heterocycles. The third-order valence-corrected chi connectivity index (χ3v) is 5.53. The molecule has 3 aromatic heterocycles. The summed E-state index contributed by atoms with van der Waals surface area (Å²) in [6.07, 6.45) is 0.104. The highest BCUT2D eigenvalue weighted by Crippen LogP contribution is 2.32. The minimum Gasteiger partial charge on any atom is -0.406 e. The molecule has 0 atom stereocenters. The van der Waals surface area contributed by atoms with Crippen LogP contribution in [0.3, 0.4) is 0 Å². The Kier molecular flexibility index (Phi) is 5.17. The largest absolute Gasteiger partial charge is 0.573 e. The number of nitrogens with one attached hydrogen (secondary N) is 2. The first-order valence-electron chi connectivity index (χ1n) is 9.68. The van der Waals surface area contributed by atoms with Crippen LogP contribution in [0, 0.1) is 6.92 Å². The van der Waals surface area contributed by atoms with Crippen LogP contribution in [-0.4, -0.2) is 31.3 Å². The normalized spacial score (nSPS) is 11.6. The van der Waals surface area contributed by atoms with Crippen molar-refractivity contribution in [1.82, 2.24) is 24.9 Å². The summed E-state index contributed by atoms with van der Waals surface area (Å²) in [6.45, 7) is 1.94. The number of fused-ring (bicyclic) bond motifs is 1. The topological polar surface area (TPSA) is 88.6 Å². The zero-order chi connectivity index (χ0) is 23.0. The maximum atomic E-state index is 12.5. The van der Waals surface area contributed by atoms with Gasteiger partial charge in [-0.05, 0) is 36.8 Å².